The van der Waals surface area contributed by atoms with Crippen molar-refractivity contribution >= 4 is 23.8 Å². The number of nitrogens with zero attached hydrogens (tertiary/aromatic N) is 1. The number of para-hydroxylation sites is 1. The van der Waals surface area contributed by atoms with Crippen molar-refractivity contribution in [1.29, 1.82) is 0 Å². The number of likely N-dealkylation sites (tertiary alicyclic amines) is 1. The Labute approximate surface area is 234 Å². The molecule has 0 unspecified atom stereocenters. The predicted molar refractivity (Wildman–Crippen MR) is 153 cm³/mol. The zero-order valence-corrected chi connectivity index (χ0v) is 23.5. The summed E-state index contributed by atoms with van der Waals surface area (Å²) in [5, 5.41) is 0. The number of carbonyl (C=O) groups is 2. The molecule has 4 rings (SSSR count). The highest BCUT2D eigenvalue weighted by atomic mass is 32.2. The maximum absolute atomic E-state index is 12.9. The first kappa shape index (κ1) is 28.5. The van der Waals surface area contributed by atoms with Crippen LogP contribution in [-0.2, 0) is 21.0 Å². The fraction of sp³-hybridized carbons (Fsp3) is 0.355. The van der Waals surface area contributed by atoms with E-state index in [4.69, 9.17) is 14.3 Å². The third-order valence-electron chi connectivity index (χ3n) is 6.23. The monoisotopic (exact) mass is 548 g/mol. The van der Waals surface area contributed by atoms with Gasteiger partial charge in [-0.3, -0.25) is 9.63 Å². The molecular weight excluding hydrogens is 512 g/mol. The normalized spacial score (nSPS) is 14.9. The Morgan fingerprint density at radius 1 is 0.872 bits per heavy atom. The van der Waals surface area contributed by atoms with Crippen LogP contribution in [0.5, 0.6) is 11.5 Å². The second kappa shape index (κ2) is 13.0. The van der Waals surface area contributed by atoms with Crippen molar-refractivity contribution in [2.45, 2.75) is 61.9 Å². The smallest absolute Gasteiger partial charge is 0.410 e. The summed E-state index contributed by atoms with van der Waals surface area (Å²) in [4.78, 5) is 33.9. The van der Waals surface area contributed by atoms with Gasteiger partial charge in [-0.15, -0.1) is 11.8 Å². The van der Waals surface area contributed by atoms with E-state index in [1.807, 2.05) is 106 Å². The van der Waals surface area contributed by atoms with Crippen molar-refractivity contribution in [2.24, 2.45) is 0 Å². The largest absolute Gasteiger partial charge is 0.457 e. The first-order valence-corrected chi connectivity index (χ1v) is 14.0. The molecule has 0 radical (unpaired) electrons. The predicted octanol–water partition coefficient (Wildman–Crippen LogP) is 6.98. The van der Waals surface area contributed by atoms with Crippen LogP contribution >= 0.6 is 11.8 Å². The lowest BCUT2D eigenvalue weighted by atomic mass is 9.92. The lowest BCUT2D eigenvalue weighted by Gasteiger charge is -2.40. The molecule has 39 heavy (non-hydrogen) atoms. The molecule has 7 nitrogen and oxygen atoms in total. The minimum Gasteiger partial charge on any atom is -0.457 e. The topological polar surface area (TPSA) is 77.1 Å². The van der Waals surface area contributed by atoms with Gasteiger partial charge in [-0.2, -0.15) is 0 Å². The molecule has 0 aliphatic carbocycles. The number of amides is 2. The lowest BCUT2D eigenvalue weighted by Crippen LogP contribution is -2.47. The van der Waals surface area contributed by atoms with Gasteiger partial charge >= 0.3 is 6.09 Å². The molecule has 8 heteroatoms. The second-order valence-electron chi connectivity index (χ2n) is 10.6. The molecule has 1 saturated heterocycles. The van der Waals surface area contributed by atoms with Gasteiger partial charge in [0.1, 0.15) is 18.1 Å². The highest BCUT2D eigenvalue weighted by molar-refractivity contribution is 8.00. The molecule has 1 aliphatic rings. The fourth-order valence-electron chi connectivity index (χ4n) is 4.21. The molecule has 1 heterocycles. The Morgan fingerprint density at radius 2 is 1.46 bits per heavy atom. The molecule has 1 aliphatic heterocycles. The molecule has 0 aromatic heterocycles. The molecule has 0 spiro atoms. The maximum Gasteiger partial charge on any atom is 0.410 e. The van der Waals surface area contributed by atoms with Gasteiger partial charge in [-0.05, 0) is 75.6 Å². The summed E-state index contributed by atoms with van der Waals surface area (Å²) >= 11 is 1.66. The van der Waals surface area contributed by atoms with Crippen LogP contribution in [0.1, 0.15) is 45.6 Å². The van der Waals surface area contributed by atoms with Crippen molar-refractivity contribution in [3.63, 3.8) is 0 Å². The molecule has 2 amide bonds. The number of rotatable bonds is 9. The zero-order chi connectivity index (χ0) is 27.7. The van der Waals surface area contributed by atoms with E-state index in [0.29, 0.717) is 25.9 Å². The quantitative estimate of drug-likeness (QED) is 0.291. The molecule has 3 aromatic rings. The summed E-state index contributed by atoms with van der Waals surface area (Å²) in [7, 11) is 0. The average Bonchev–Trinajstić information content (AvgIpc) is 2.93. The van der Waals surface area contributed by atoms with Gasteiger partial charge in [0.25, 0.3) is 0 Å². The van der Waals surface area contributed by atoms with E-state index in [1.54, 1.807) is 16.7 Å². The number of ether oxygens (including phenoxy) is 2. The number of hydrogen-bond donors (Lipinski definition) is 1. The van der Waals surface area contributed by atoms with Crippen LogP contribution in [0.2, 0.25) is 0 Å². The summed E-state index contributed by atoms with van der Waals surface area (Å²) < 4.78 is 11.1. The highest BCUT2D eigenvalue weighted by Crippen LogP contribution is 2.44. The molecule has 206 valence electrons. The first-order chi connectivity index (χ1) is 18.7. The van der Waals surface area contributed by atoms with Crippen molar-refractivity contribution in [3.8, 4) is 11.5 Å². The van der Waals surface area contributed by atoms with E-state index in [0.717, 1.165) is 22.0 Å². The van der Waals surface area contributed by atoms with Gasteiger partial charge in [0.2, 0.25) is 5.91 Å². The van der Waals surface area contributed by atoms with E-state index < -0.39 is 10.3 Å². The summed E-state index contributed by atoms with van der Waals surface area (Å²) in [6.45, 7) is 6.90. The van der Waals surface area contributed by atoms with Crippen LogP contribution in [0.15, 0.2) is 89.8 Å². The van der Waals surface area contributed by atoms with Gasteiger partial charge < -0.3 is 14.4 Å². The third kappa shape index (κ3) is 9.04. The second-order valence-corrected chi connectivity index (χ2v) is 12.2. The Hall–Kier alpha value is -3.49. The molecule has 3 aromatic carbocycles. The standard InChI is InChI=1S/C31H36N2O5S/c1-30(2,3)38-32-28(34)22-31(39-27-16-14-26(15-17-27)37-25-12-8-5-9-13-25)18-20-33(21-19-31)29(35)36-23-24-10-6-4-7-11-24/h4-17H,18-23H2,1-3H3,(H,32,34). The van der Waals surface area contributed by atoms with Crippen molar-refractivity contribution < 1.29 is 23.9 Å². The maximum atomic E-state index is 12.9. The fourth-order valence-corrected chi connectivity index (χ4v) is 5.57. The Kier molecular flexibility index (Phi) is 9.54. The minimum absolute atomic E-state index is 0.179. The summed E-state index contributed by atoms with van der Waals surface area (Å²) in [5.74, 6) is 1.34. The Bertz CT molecular complexity index is 1210. The van der Waals surface area contributed by atoms with E-state index in [9.17, 15) is 9.59 Å². The number of benzene rings is 3. The number of piperidine rings is 1. The van der Waals surface area contributed by atoms with E-state index in [2.05, 4.69) is 5.48 Å². The zero-order valence-electron chi connectivity index (χ0n) is 22.7. The van der Waals surface area contributed by atoms with Gasteiger partial charge in [-0.1, -0.05) is 48.5 Å². The van der Waals surface area contributed by atoms with Crippen LogP contribution < -0.4 is 10.2 Å². The van der Waals surface area contributed by atoms with Crippen LogP contribution in [0, 0.1) is 0 Å². The Balaban J connectivity index is 1.40. The first-order valence-electron chi connectivity index (χ1n) is 13.1. The van der Waals surface area contributed by atoms with Crippen molar-refractivity contribution in [2.75, 3.05) is 13.1 Å². The van der Waals surface area contributed by atoms with E-state index in [1.165, 1.54) is 0 Å². The van der Waals surface area contributed by atoms with Gasteiger partial charge in [0.05, 0.1) is 5.60 Å². The number of hydroxylamine groups is 1. The molecular formula is C31H36N2O5S. The van der Waals surface area contributed by atoms with Crippen LogP contribution in [0.25, 0.3) is 0 Å². The van der Waals surface area contributed by atoms with Gasteiger partial charge in [0.15, 0.2) is 0 Å². The van der Waals surface area contributed by atoms with Crippen LogP contribution in [-0.4, -0.2) is 40.3 Å². The molecule has 0 bridgehead atoms. The molecule has 1 N–H and O–H groups in total. The highest BCUT2D eigenvalue weighted by Gasteiger charge is 2.39. The third-order valence-corrected chi connectivity index (χ3v) is 7.72. The SMILES string of the molecule is CC(C)(C)ONC(=O)CC1(Sc2ccc(Oc3ccccc3)cc2)CCN(C(=O)OCc2ccccc2)CC1. The number of thioether (sulfide) groups is 1. The summed E-state index contributed by atoms with van der Waals surface area (Å²) in [6, 6.07) is 27.1. The lowest BCUT2D eigenvalue weighted by molar-refractivity contribution is -0.146. The van der Waals surface area contributed by atoms with Crippen molar-refractivity contribution in [3.05, 3.63) is 90.5 Å². The van der Waals surface area contributed by atoms with Crippen LogP contribution in [0.4, 0.5) is 4.79 Å². The molecule has 0 atom stereocenters. The molecule has 1 fully saturated rings. The summed E-state index contributed by atoms with van der Waals surface area (Å²) in [6.07, 6.45) is 1.22. The average molecular weight is 549 g/mol. The minimum atomic E-state index is -0.490. The number of carbonyl (C=O) groups excluding carboxylic acids is 2. The van der Waals surface area contributed by atoms with Gasteiger partial charge in [-0.25, -0.2) is 10.3 Å². The summed E-state index contributed by atoms with van der Waals surface area (Å²) in [5.41, 5.74) is 3.07. The van der Waals surface area contributed by atoms with E-state index in [-0.39, 0.29) is 25.0 Å². The number of hydrogen-bond acceptors (Lipinski definition) is 6. The van der Waals surface area contributed by atoms with Crippen LogP contribution in [0.3, 0.4) is 0 Å². The van der Waals surface area contributed by atoms with Gasteiger partial charge in [0, 0.05) is 29.2 Å². The molecule has 0 saturated carbocycles. The Morgan fingerprint density at radius 3 is 2.08 bits per heavy atom. The number of nitrogens with one attached hydrogen (secondary N) is 1. The van der Waals surface area contributed by atoms with E-state index >= 15 is 0 Å². The van der Waals surface area contributed by atoms with Crippen molar-refractivity contribution in [1.82, 2.24) is 10.4 Å².